The molecule has 20 heavy (non-hydrogen) atoms. The Morgan fingerprint density at radius 2 is 1.25 bits per heavy atom. The Morgan fingerprint density at radius 3 is 1.75 bits per heavy atom. The highest BCUT2D eigenvalue weighted by Crippen LogP contribution is 1.83. The first kappa shape index (κ1) is 17.1. The summed E-state index contributed by atoms with van der Waals surface area (Å²) in [7, 11) is 4.03. The quantitative estimate of drug-likeness (QED) is 0.552. The van der Waals surface area contributed by atoms with E-state index in [2.05, 4.69) is 76.1 Å². The maximum Gasteiger partial charge on any atom is 0.124 e. The molecule has 0 saturated carbocycles. The molecule has 0 heterocycles. The van der Waals surface area contributed by atoms with Crippen molar-refractivity contribution in [3.8, 4) is 71.2 Å². The van der Waals surface area contributed by atoms with Crippen molar-refractivity contribution in [1.82, 2.24) is 4.90 Å². The van der Waals surface area contributed by atoms with E-state index in [0.29, 0.717) is 6.61 Å². The normalized spacial score (nSPS) is 6.40. The maximum absolute atomic E-state index is 5.07. The SMILES string of the molecule is CC#CC#CC#CC#CC#CC#COCCCN(C)C. The average molecular weight is 261 g/mol. The summed E-state index contributed by atoms with van der Waals surface area (Å²) in [6.45, 7) is 3.29. The lowest BCUT2D eigenvalue weighted by molar-refractivity contribution is 0.251. The number of hydrogen-bond acceptors (Lipinski definition) is 2. The van der Waals surface area contributed by atoms with Crippen LogP contribution in [-0.4, -0.2) is 32.1 Å². The van der Waals surface area contributed by atoms with Crippen LogP contribution in [0.3, 0.4) is 0 Å². The smallest absolute Gasteiger partial charge is 0.124 e. The molecule has 0 spiro atoms. The number of hydrogen-bond donors (Lipinski definition) is 0. The summed E-state index contributed by atoms with van der Waals surface area (Å²) in [5.74, 6) is 28.1. The van der Waals surface area contributed by atoms with Crippen molar-refractivity contribution in [3.05, 3.63) is 0 Å². The van der Waals surface area contributed by atoms with Gasteiger partial charge in [0.05, 0.1) is 0 Å². The summed E-state index contributed by atoms with van der Waals surface area (Å²) in [5, 5.41) is 0. The highest BCUT2D eigenvalue weighted by Gasteiger charge is 1.88. The van der Waals surface area contributed by atoms with Gasteiger partial charge in [0.15, 0.2) is 0 Å². The Kier molecular flexibility index (Phi) is 12.1. The molecule has 2 nitrogen and oxygen atoms in total. The Balaban J connectivity index is 3.89. The van der Waals surface area contributed by atoms with E-state index in [-0.39, 0.29) is 0 Å². The molecule has 0 aliphatic heterocycles. The molecule has 98 valence electrons. The van der Waals surface area contributed by atoms with E-state index >= 15 is 0 Å². The van der Waals surface area contributed by atoms with E-state index in [1.165, 1.54) is 0 Å². The van der Waals surface area contributed by atoms with Crippen molar-refractivity contribution in [2.45, 2.75) is 13.3 Å². The molecule has 0 rings (SSSR count). The van der Waals surface area contributed by atoms with Gasteiger partial charge in [-0.15, -0.1) is 0 Å². The van der Waals surface area contributed by atoms with Crippen LogP contribution in [0.1, 0.15) is 13.3 Å². The number of rotatable bonds is 4. The predicted molar refractivity (Wildman–Crippen MR) is 81.5 cm³/mol. The van der Waals surface area contributed by atoms with Crippen molar-refractivity contribution >= 4 is 0 Å². The van der Waals surface area contributed by atoms with E-state index in [0.717, 1.165) is 13.0 Å². The van der Waals surface area contributed by atoms with Gasteiger partial charge in [-0.05, 0) is 57.0 Å². The monoisotopic (exact) mass is 261 g/mol. The van der Waals surface area contributed by atoms with Gasteiger partial charge in [-0.2, -0.15) is 0 Å². The number of nitrogens with zero attached hydrogens (tertiary/aromatic N) is 1. The predicted octanol–water partition coefficient (Wildman–Crippen LogP) is 0.953. The lowest BCUT2D eigenvalue weighted by Crippen LogP contribution is -2.14. The third-order valence-corrected chi connectivity index (χ3v) is 1.66. The first-order valence-corrected chi connectivity index (χ1v) is 5.95. The first-order valence-electron chi connectivity index (χ1n) is 5.95. The third-order valence-electron chi connectivity index (χ3n) is 1.66. The van der Waals surface area contributed by atoms with Gasteiger partial charge in [-0.3, -0.25) is 0 Å². The molecule has 0 aliphatic carbocycles. The maximum atomic E-state index is 5.07. The van der Waals surface area contributed by atoms with Gasteiger partial charge in [0.2, 0.25) is 0 Å². The Hall–Kier alpha value is -2.88. The standard InChI is InChI=1S/C18H15NO/c1-4-5-6-7-8-9-10-11-12-13-14-17-20-18-15-16-19(2)3/h15-16,18H2,1-3H3. The van der Waals surface area contributed by atoms with Gasteiger partial charge in [0.25, 0.3) is 0 Å². The van der Waals surface area contributed by atoms with Crippen LogP contribution >= 0.6 is 0 Å². The second-order valence-electron chi connectivity index (χ2n) is 3.61. The van der Waals surface area contributed by atoms with Crippen LogP contribution in [0.5, 0.6) is 0 Å². The van der Waals surface area contributed by atoms with Crippen LogP contribution in [0.25, 0.3) is 0 Å². The molecule has 0 unspecified atom stereocenters. The molecule has 2 heteroatoms. The molecule has 0 N–H and O–H groups in total. The third kappa shape index (κ3) is 15.1. The minimum absolute atomic E-state index is 0.601. The van der Waals surface area contributed by atoms with Crippen molar-refractivity contribution < 1.29 is 4.74 Å². The molecule has 0 aromatic heterocycles. The summed E-state index contributed by atoms with van der Waals surface area (Å²) in [4.78, 5) is 2.09. The molecular formula is C18H15NO. The molecule has 0 radical (unpaired) electrons. The van der Waals surface area contributed by atoms with Gasteiger partial charge in [0.1, 0.15) is 12.7 Å². The molecule has 0 atom stereocenters. The average Bonchev–Trinajstić information content (AvgIpc) is 2.43. The van der Waals surface area contributed by atoms with Crippen molar-refractivity contribution in [2.75, 3.05) is 27.2 Å². The number of ether oxygens (including phenoxy) is 1. The molecule has 0 aromatic rings. The largest absolute Gasteiger partial charge is 0.446 e. The van der Waals surface area contributed by atoms with Gasteiger partial charge < -0.3 is 9.64 Å². The molecule has 0 aromatic carbocycles. The van der Waals surface area contributed by atoms with Crippen LogP contribution in [-0.2, 0) is 4.74 Å². The van der Waals surface area contributed by atoms with Crippen molar-refractivity contribution in [3.63, 3.8) is 0 Å². The topological polar surface area (TPSA) is 12.5 Å². The molecular weight excluding hydrogens is 246 g/mol. The van der Waals surface area contributed by atoms with E-state index in [1.54, 1.807) is 6.92 Å². The summed E-state index contributed by atoms with van der Waals surface area (Å²) in [6.07, 6.45) is 3.44. The van der Waals surface area contributed by atoms with Gasteiger partial charge in [-0.1, -0.05) is 5.92 Å². The molecule has 0 saturated heterocycles. The van der Waals surface area contributed by atoms with E-state index in [4.69, 9.17) is 4.74 Å². The molecule has 0 amide bonds. The Labute approximate surface area is 122 Å². The van der Waals surface area contributed by atoms with Gasteiger partial charge in [0, 0.05) is 36.1 Å². The fourth-order valence-corrected chi connectivity index (χ4v) is 0.878. The Morgan fingerprint density at radius 1 is 0.750 bits per heavy atom. The molecule has 0 fully saturated rings. The fourth-order valence-electron chi connectivity index (χ4n) is 0.878. The van der Waals surface area contributed by atoms with E-state index in [9.17, 15) is 0 Å². The van der Waals surface area contributed by atoms with E-state index < -0.39 is 0 Å². The van der Waals surface area contributed by atoms with Crippen molar-refractivity contribution in [2.24, 2.45) is 0 Å². The van der Waals surface area contributed by atoms with E-state index in [1.807, 2.05) is 14.1 Å². The van der Waals surface area contributed by atoms with Crippen LogP contribution < -0.4 is 0 Å². The van der Waals surface area contributed by atoms with Gasteiger partial charge >= 0.3 is 0 Å². The van der Waals surface area contributed by atoms with Crippen LogP contribution in [0.4, 0.5) is 0 Å². The highest BCUT2D eigenvalue weighted by molar-refractivity contribution is 5.43. The minimum atomic E-state index is 0.601. The van der Waals surface area contributed by atoms with Crippen LogP contribution in [0.15, 0.2) is 0 Å². The lowest BCUT2D eigenvalue weighted by atomic mass is 10.4. The van der Waals surface area contributed by atoms with Crippen LogP contribution in [0.2, 0.25) is 0 Å². The second-order valence-corrected chi connectivity index (χ2v) is 3.61. The molecule has 0 bridgehead atoms. The summed E-state index contributed by atoms with van der Waals surface area (Å²) in [6, 6.07) is 0. The zero-order chi connectivity index (χ0) is 14.9. The highest BCUT2D eigenvalue weighted by atomic mass is 16.5. The lowest BCUT2D eigenvalue weighted by Gasteiger charge is -2.06. The summed E-state index contributed by atoms with van der Waals surface area (Å²) < 4.78 is 5.07. The summed E-state index contributed by atoms with van der Waals surface area (Å²) in [5.41, 5.74) is 0. The first-order chi connectivity index (χ1) is 9.77. The van der Waals surface area contributed by atoms with Crippen molar-refractivity contribution in [1.29, 1.82) is 0 Å². The minimum Gasteiger partial charge on any atom is -0.446 e. The van der Waals surface area contributed by atoms with Crippen LogP contribution in [0, 0.1) is 71.2 Å². The second kappa shape index (κ2) is 14.2. The van der Waals surface area contributed by atoms with Gasteiger partial charge in [-0.25, -0.2) is 0 Å². The summed E-state index contributed by atoms with van der Waals surface area (Å²) >= 11 is 0. The zero-order valence-corrected chi connectivity index (χ0v) is 12.0. The zero-order valence-electron chi connectivity index (χ0n) is 12.0. The molecule has 0 aliphatic rings. The Bertz CT molecular complexity index is 647. The fraction of sp³-hybridized carbons (Fsp3) is 0.333.